The standard InChI is InChI=1S/C20H25NO3/c1-5-18(16-9-10-19(23-4)15(3)12-16)21-20(22)13-24-17-8-6-7-14(2)11-17/h6-12,18H,5,13H2,1-4H3,(H,21,22)/t18-/m1/s1. The fourth-order valence-corrected chi connectivity index (χ4v) is 2.63. The third kappa shape index (κ3) is 4.75. The summed E-state index contributed by atoms with van der Waals surface area (Å²) < 4.78 is 10.8. The van der Waals surface area contributed by atoms with E-state index in [0.29, 0.717) is 5.75 Å². The lowest BCUT2D eigenvalue weighted by Crippen LogP contribution is -2.32. The summed E-state index contributed by atoms with van der Waals surface area (Å²) in [5.41, 5.74) is 3.23. The number of hydrogen-bond acceptors (Lipinski definition) is 3. The Morgan fingerprint density at radius 1 is 1.17 bits per heavy atom. The molecule has 2 aromatic carbocycles. The van der Waals surface area contributed by atoms with Crippen LogP contribution in [0.4, 0.5) is 0 Å². The molecule has 1 amide bonds. The summed E-state index contributed by atoms with van der Waals surface area (Å²) in [6, 6.07) is 13.6. The zero-order chi connectivity index (χ0) is 17.5. The van der Waals surface area contributed by atoms with Gasteiger partial charge in [0.1, 0.15) is 11.5 Å². The van der Waals surface area contributed by atoms with Crippen LogP contribution in [0.2, 0.25) is 0 Å². The minimum Gasteiger partial charge on any atom is -0.496 e. The number of nitrogens with one attached hydrogen (secondary N) is 1. The predicted molar refractivity (Wildman–Crippen MR) is 95.6 cm³/mol. The molecule has 0 aliphatic carbocycles. The molecule has 24 heavy (non-hydrogen) atoms. The Morgan fingerprint density at radius 2 is 1.96 bits per heavy atom. The first-order valence-corrected chi connectivity index (χ1v) is 8.16. The molecule has 0 fully saturated rings. The molecule has 128 valence electrons. The SMILES string of the molecule is CC[C@@H](NC(=O)COc1cccc(C)c1)c1ccc(OC)c(C)c1. The van der Waals surface area contributed by atoms with E-state index in [1.165, 1.54) is 0 Å². The van der Waals surface area contributed by atoms with Gasteiger partial charge >= 0.3 is 0 Å². The molecule has 0 saturated heterocycles. The maximum absolute atomic E-state index is 12.2. The number of amides is 1. The Hall–Kier alpha value is -2.49. The minimum atomic E-state index is -0.128. The largest absolute Gasteiger partial charge is 0.496 e. The topological polar surface area (TPSA) is 47.6 Å². The Bertz CT molecular complexity index is 697. The third-order valence-corrected chi connectivity index (χ3v) is 3.92. The Balaban J connectivity index is 1.96. The van der Waals surface area contributed by atoms with Gasteiger partial charge in [0.25, 0.3) is 5.91 Å². The molecule has 0 unspecified atom stereocenters. The Labute approximate surface area is 143 Å². The van der Waals surface area contributed by atoms with Gasteiger partial charge in [-0.1, -0.05) is 31.2 Å². The second-order valence-corrected chi connectivity index (χ2v) is 5.86. The molecule has 4 nitrogen and oxygen atoms in total. The summed E-state index contributed by atoms with van der Waals surface area (Å²) in [7, 11) is 1.66. The van der Waals surface area contributed by atoms with Crippen molar-refractivity contribution >= 4 is 5.91 Å². The second kappa shape index (κ2) is 8.39. The first-order chi connectivity index (χ1) is 11.5. The quantitative estimate of drug-likeness (QED) is 0.837. The van der Waals surface area contributed by atoms with Gasteiger partial charge in [0.05, 0.1) is 13.2 Å². The van der Waals surface area contributed by atoms with Crippen molar-refractivity contribution in [3.05, 3.63) is 59.2 Å². The van der Waals surface area contributed by atoms with Gasteiger partial charge in [-0.05, 0) is 55.2 Å². The number of carbonyl (C=O) groups excluding carboxylic acids is 1. The van der Waals surface area contributed by atoms with Crippen molar-refractivity contribution in [2.45, 2.75) is 33.2 Å². The fourth-order valence-electron chi connectivity index (χ4n) is 2.63. The maximum Gasteiger partial charge on any atom is 0.258 e. The van der Waals surface area contributed by atoms with Gasteiger partial charge in [-0.25, -0.2) is 0 Å². The molecule has 4 heteroatoms. The Kier molecular flexibility index (Phi) is 6.24. The fraction of sp³-hybridized carbons (Fsp3) is 0.350. The maximum atomic E-state index is 12.2. The number of benzene rings is 2. The van der Waals surface area contributed by atoms with Crippen molar-refractivity contribution in [3.8, 4) is 11.5 Å². The molecule has 0 heterocycles. The first kappa shape index (κ1) is 17.9. The van der Waals surface area contributed by atoms with Crippen molar-refractivity contribution in [2.75, 3.05) is 13.7 Å². The second-order valence-electron chi connectivity index (χ2n) is 5.86. The van der Waals surface area contributed by atoms with E-state index in [9.17, 15) is 4.79 Å². The molecule has 2 aromatic rings. The summed E-state index contributed by atoms with van der Waals surface area (Å²) >= 11 is 0. The van der Waals surface area contributed by atoms with Crippen LogP contribution in [-0.4, -0.2) is 19.6 Å². The summed E-state index contributed by atoms with van der Waals surface area (Å²) in [5, 5.41) is 3.03. The van der Waals surface area contributed by atoms with Gasteiger partial charge in [0.15, 0.2) is 6.61 Å². The van der Waals surface area contributed by atoms with E-state index < -0.39 is 0 Å². The van der Waals surface area contributed by atoms with Crippen LogP contribution in [0.5, 0.6) is 11.5 Å². The number of carbonyl (C=O) groups is 1. The van der Waals surface area contributed by atoms with Gasteiger partial charge in [-0.15, -0.1) is 0 Å². The van der Waals surface area contributed by atoms with Crippen LogP contribution in [0, 0.1) is 13.8 Å². The van der Waals surface area contributed by atoms with Crippen LogP contribution < -0.4 is 14.8 Å². The van der Waals surface area contributed by atoms with E-state index in [0.717, 1.165) is 28.9 Å². The zero-order valence-electron chi connectivity index (χ0n) is 14.8. The summed E-state index contributed by atoms with van der Waals surface area (Å²) in [6.07, 6.45) is 0.807. The number of aryl methyl sites for hydroxylation is 2. The number of hydrogen-bond donors (Lipinski definition) is 1. The highest BCUT2D eigenvalue weighted by Crippen LogP contribution is 2.24. The molecule has 1 N–H and O–H groups in total. The average molecular weight is 327 g/mol. The lowest BCUT2D eigenvalue weighted by atomic mass is 10.0. The van der Waals surface area contributed by atoms with E-state index in [1.807, 2.05) is 57.2 Å². The Morgan fingerprint density at radius 3 is 2.58 bits per heavy atom. The minimum absolute atomic E-state index is 0.00902. The predicted octanol–water partition coefficient (Wildman–Crippen LogP) is 3.96. The van der Waals surface area contributed by atoms with Gasteiger partial charge in [-0.3, -0.25) is 4.79 Å². The summed E-state index contributed by atoms with van der Waals surface area (Å²) in [5.74, 6) is 1.43. The van der Waals surface area contributed by atoms with E-state index in [2.05, 4.69) is 11.4 Å². The lowest BCUT2D eigenvalue weighted by molar-refractivity contribution is -0.123. The summed E-state index contributed by atoms with van der Waals surface area (Å²) in [4.78, 5) is 12.2. The van der Waals surface area contributed by atoms with Crippen molar-refractivity contribution in [2.24, 2.45) is 0 Å². The molecule has 0 aromatic heterocycles. The summed E-state index contributed by atoms with van der Waals surface area (Å²) in [6.45, 7) is 6.05. The smallest absolute Gasteiger partial charge is 0.258 e. The highest BCUT2D eigenvalue weighted by Gasteiger charge is 2.14. The number of rotatable bonds is 7. The molecule has 1 atom stereocenters. The molecule has 0 radical (unpaired) electrons. The van der Waals surface area contributed by atoms with Gasteiger partial charge in [0.2, 0.25) is 0 Å². The third-order valence-electron chi connectivity index (χ3n) is 3.92. The van der Waals surface area contributed by atoms with E-state index >= 15 is 0 Å². The van der Waals surface area contributed by atoms with Crippen molar-refractivity contribution < 1.29 is 14.3 Å². The molecule has 0 aliphatic heterocycles. The average Bonchev–Trinajstić information content (AvgIpc) is 2.58. The van der Waals surface area contributed by atoms with Crippen LogP contribution in [0.15, 0.2) is 42.5 Å². The van der Waals surface area contributed by atoms with Gasteiger partial charge in [-0.2, -0.15) is 0 Å². The van der Waals surface area contributed by atoms with E-state index in [4.69, 9.17) is 9.47 Å². The molecule has 0 aliphatic rings. The normalized spacial score (nSPS) is 11.7. The van der Waals surface area contributed by atoms with Crippen molar-refractivity contribution in [3.63, 3.8) is 0 Å². The zero-order valence-corrected chi connectivity index (χ0v) is 14.8. The highest BCUT2D eigenvalue weighted by molar-refractivity contribution is 5.78. The van der Waals surface area contributed by atoms with Crippen LogP contribution in [0.25, 0.3) is 0 Å². The molecule has 2 rings (SSSR count). The molecule has 0 spiro atoms. The number of ether oxygens (including phenoxy) is 2. The van der Waals surface area contributed by atoms with Gasteiger partial charge in [0, 0.05) is 0 Å². The lowest BCUT2D eigenvalue weighted by Gasteiger charge is -2.19. The van der Waals surface area contributed by atoms with E-state index in [-0.39, 0.29) is 18.6 Å². The first-order valence-electron chi connectivity index (χ1n) is 8.16. The monoisotopic (exact) mass is 327 g/mol. The molecule has 0 saturated carbocycles. The molecule has 0 bridgehead atoms. The van der Waals surface area contributed by atoms with Crippen LogP contribution in [-0.2, 0) is 4.79 Å². The number of methoxy groups -OCH3 is 1. The molecular weight excluding hydrogens is 302 g/mol. The van der Waals surface area contributed by atoms with Crippen molar-refractivity contribution in [1.29, 1.82) is 0 Å². The van der Waals surface area contributed by atoms with Gasteiger partial charge < -0.3 is 14.8 Å². The molecular formula is C20H25NO3. The van der Waals surface area contributed by atoms with Crippen molar-refractivity contribution in [1.82, 2.24) is 5.32 Å². The van der Waals surface area contributed by atoms with Crippen LogP contribution in [0.1, 0.15) is 36.1 Å². The van der Waals surface area contributed by atoms with Crippen LogP contribution >= 0.6 is 0 Å². The van der Waals surface area contributed by atoms with Crippen LogP contribution in [0.3, 0.4) is 0 Å². The van der Waals surface area contributed by atoms with E-state index in [1.54, 1.807) is 7.11 Å². The highest BCUT2D eigenvalue weighted by atomic mass is 16.5.